The molecule has 6 aromatic rings. The van der Waals surface area contributed by atoms with E-state index in [0.717, 1.165) is 64.4 Å². The molecule has 2 heterocycles. The first-order valence-corrected chi connectivity index (χ1v) is 16.6. The van der Waals surface area contributed by atoms with E-state index in [1.165, 1.54) is 22.5 Å². The van der Waals surface area contributed by atoms with Crippen LogP contribution in [0.1, 0.15) is 52.7 Å². The van der Waals surface area contributed by atoms with Crippen LogP contribution in [-0.2, 0) is 12.8 Å². The standard InChI is InChI=1S/C39H38N4O2S/c1-5-35-36(29-18-16-28(17-19-29)23-27-13-9-8-10-14-27)41-39(46-35)42-37(44)33-24-30-20-21-32(43(6-2)7-3)25-34(30)45-38(33)40-31-15-11-12-26(4)22-31/h8-22,24-25H,5-7,23H2,1-4H3,(H,41,42,44). The van der Waals surface area contributed by atoms with Crippen molar-refractivity contribution in [2.24, 2.45) is 4.99 Å². The van der Waals surface area contributed by atoms with Gasteiger partial charge in [-0.05, 0) is 80.6 Å². The van der Waals surface area contributed by atoms with Gasteiger partial charge in [-0.3, -0.25) is 10.1 Å². The van der Waals surface area contributed by atoms with Crippen LogP contribution < -0.4 is 15.8 Å². The predicted molar refractivity (Wildman–Crippen MR) is 190 cm³/mol. The zero-order valence-corrected chi connectivity index (χ0v) is 27.5. The third-order valence-electron chi connectivity index (χ3n) is 8.06. The average molecular weight is 627 g/mol. The maximum Gasteiger partial charge on any atom is 0.262 e. The lowest BCUT2D eigenvalue weighted by Gasteiger charge is -2.21. The van der Waals surface area contributed by atoms with E-state index >= 15 is 0 Å². The number of fused-ring (bicyclic) bond motifs is 1. The van der Waals surface area contributed by atoms with Gasteiger partial charge in [0.25, 0.3) is 5.91 Å². The molecule has 0 saturated carbocycles. The van der Waals surface area contributed by atoms with Crippen molar-refractivity contribution in [2.75, 3.05) is 23.3 Å². The Morgan fingerprint density at radius 2 is 1.63 bits per heavy atom. The molecule has 0 unspecified atom stereocenters. The number of rotatable bonds is 10. The van der Waals surface area contributed by atoms with Crippen LogP contribution in [0.3, 0.4) is 0 Å². The van der Waals surface area contributed by atoms with Crippen molar-refractivity contribution in [3.05, 3.63) is 136 Å². The fraction of sp³-hybridized carbons (Fsp3) is 0.205. The lowest BCUT2D eigenvalue weighted by atomic mass is 10.0. The van der Waals surface area contributed by atoms with Gasteiger partial charge in [0.1, 0.15) is 11.1 Å². The number of benzene rings is 4. The second-order valence-electron chi connectivity index (χ2n) is 11.3. The highest BCUT2D eigenvalue weighted by atomic mass is 32.1. The number of aryl methyl sites for hydroxylation is 2. The number of anilines is 2. The van der Waals surface area contributed by atoms with Crippen LogP contribution in [-0.4, -0.2) is 24.0 Å². The Bertz CT molecular complexity index is 2040. The summed E-state index contributed by atoms with van der Waals surface area (Å²) in [5.41, 5.74) is 8.59. The molecular formula is C39H38N4O2S. The lowest BCUT2D eigenvalue weighted by Crippen LogP contribution is -2.22. The highest BCUT2D eigenvalue weighted by Crippen LogP contribution is 2.32. The summed E-state index contributed by atoms with van der Waals surface area (Å²) < 4.78 is 6.38. The van der Waals surface area contributed by atoms with E-state index in [2.05, 4.69) is 85.6 Å². The molecule has 46 heavy (non-hydrogen) atoms. The van der Waals surface area contributed by atoms with Gasteiger partial charge < -0.3 is 9.32 Å². The van der Waals surface area contributed by atoms with Gasteiger partial charge in [0.2, 0.25) is 5.55 Å². The summed E-state index contributed by atoms with van der Waals surface area (Å²) in [7, 11) is 0. The number of aromatic nitrogens is 1. The summed E-state index contributed by atoms with van der Waals surface area (Å²) in [6.45, 7) is 10.2. The topological polar surface area (TPSA) is 70.7 Å². The Morgan fingerprint density at radius 3 is 2.35 bits per heavy atom. The van der Waals surface area contributed by atoms with Crippen molar-refractivity contribution in [3.63, 3.8) is 0 Å². The molecule has 0 aliphatic carbocycles. The van der Waals surface area contributed by atoms with Crippen LogP contribution in [0, 0.1) is 6.92 Å². The second-order valence-corrected chi connectivity index (χ2v) is 12.4. The molecular weight excluding hydrogens is 589 g/mol. The molecule has 0 atom stereocenters. The van der Waals surface area contributed by atoms with Gasteiger partial charge in [0, 0.05) is 40.7 Å². The molecule has 2 aromatic heterocycles. The van der Waals surface area contributed by atoms with E-state index in [1.54, 1.807) is 0 Å². The Kier molecular flexibility index (Phi) is 9.41. The molecule has 1 N–H and O–H groups in total. The summed E-state index contributed by atoms with van der Waals surface area (Å²) in [4.78, 5) is 27.0. The van der Waals surface area contributed by atoms with E-state index in [9.17, 15) is 4.79 Å². The summed E-state index contributed by atoms with van der Waals surface area (Å²) in [6, 6.07) is 34.8. The first-order chi connectivity index (χ1) is 22.4. The molecule has 232 valence electrons. The second kappa shape index (κ2) is 14.0. The molecule has 0 aliphatic rings. The fourth-order valence-electron chi connectivity index (χ4n) is 5.60. The van der Waals surface area contributed by atoms with E-state index < -0.39 is 0 Å². The molecule has 1 amide bonds. The van der Waals surface area contributed by atoms with Gasteiger partial charge in [-0.2, -0.15) is 0 Å². The van der Waals surface area contributed by atoms with Crippen LogP contribution in [0.15, 0.2) is 113 Å². The summed E-state index contributed by atoms with van der Waals surface area (Å²) in [5.74, 6) is -0.314. The number of carbonyl (C=O) groups is 1. The minimum absolute atomic E-state index is 0.258. The molecule has 0 saturated heterocycles. The maximum atomic E-state index is 13.9. The zero-order chi connectivity index (χ0) is 32.0. The molecule has 0 aliphatic heterocycles. The number of nitrogens with one attached hydrogen (secondary N) is 1. The normalized spacial score (nSPS) is 11.6. The van der Waals surface area contributed by atoms with Crippen molar-refractivity contribution in [1.29, 1.82) is 0 Å². The van der Waals surface area contributed by atoms with Crippen molar-refractivity contribution >= 4 is 44.7 Å². The Hall–Kier alpha value is -5.01. The highest BCUT2D eigenvalue weighted by molar-refractivity contribution is 7.16. The number of amides is 1. The molecule has 4 aromatic carbocycles. The first kappa shape index (κ1) is 31.0. The van der Waals surface area contributed by atoms with Crippen LogP contribution >= 0.6 is 11.3 Å². The molecule has 0 bridgehead atoms. The highest BCUT2D eigenvalue weighted by Gasteiger charge is 2.18. The largest absolute Gasteiger partial charge is 0.437 e. The SMILES string of the molecule is CCc1sc(NC(=O)c2cc3ccc(N(CC)CC)cc3oc2=Nc2cccc(C)c2)nc1-c1ccc(Cc2ccccc2)cc1. The molecule has 6 nitrogen and oxygen atoms in total. The third-order valence-corrected chi connectivity index (χ3v) is 9.17. The molecule has 0 radical (unpaired) electrons. The van der Waals surface area contributed by atoms with Crippen LogP contribution in [0.5, 0.6) is 0 Å². The summed E-state index contributed by atoms with van der Waals surface area (Å²) in [5, 5.41) is 4.43. The van der Waals surface area contributed by atoms with Crippen molar-refractivity contribution in [3.8, 4) is 11.3 Å². The van der Waals surface area contributed by atoms with Gasteiger partial charge in [0.15, 0.2) is 5.13 Å². The van der Waals surface area contributed by atoms with Crippen LogP contribution in [0.2, 0.25) is 0 Å². The van der Waals surface area contributed by atoms with Crippen molar-refractivity contribution in [1.82, 2.24) is 4.98 Å². The molecule has 6 rings (SSSR count). The Balaban J connectivity index is 1.33. The molecule has 0 spiro atoms. The third kappa shape index (κ3) is 6.95. The van der Waals surface area contributed by atoms with Crippen LogP contribution in [0.25, 0.3) is 22.2 Å². The van der Waals surface area contributed by atoms with Crippen LogP contribution in [0.4, 0.5) is 16.5 Å². The Morgan fingerprint density at radius 1 is 0.870 bits per heavy atom. The van der Waals surface area contributed by atoms with Gasteiger partial charge in [-0.1, -0.05) is 73.7 Å². The van der Waals surface area contributed by atoms with E-state index in [1.807, 2.05) is 55.5 Å². The number of hydrogen-bond donors (Lipinski definition) is 1. The Labute approximate surface area is 274 Å². The fourth-order valence-corrected chi connectivity index (χ4v) is 6.52. The molecule has 7 heteroatoms. The number of thiazole rings is 1. The van der Waals surface area contributed by atoms with Gasteiger partial charge in [-0.25, -0.2) is 9.98 Å². The monoisotopic (exact) mass is 626 g/mol. The zero-order valence-electron chi connectivity index (χ0n) is 26.7. The minimum Gasteiger partial charge on any atom is -0.437 e. The smallest absolute Gasteiger partial charge is 0.262 e. The minimum atomic E-state index is -0.314. The maximum absolute atomic E-state index is 13.9. The quantitative estimate of drug-likeness (QED) is 0.165. The van der Waals surface area contributed by atoms with E-state index in [-0.39, 0.29) is 11.5 Å². The van der Waals surface area contributed by atoms with Crippen molar-refractivity contribution < 1.29 is 9.21 Å². The van der Waals surface area contributed by atoms with Gasteiger partial charge in [-0.15, -0.1) is 11.3 Å². The first-order valence-electron chi connectivity index (χ1n) is 15.8. The number of nitrogens with zero attached hydrogens (tertiary/aromatic N) is 3. The summed E-state index contributed by atoms with van der Waals surface area (Å²) >= 11 is 1.50. The average Bonchev–Trinajstić information content (AvgIpc) is 3.48. The number of hydrogen-bond acceptors (Lipinski definition) is 6. The lowest BCUT2D eigenvalue weighted by molar-refractivity contribution is 0.102. The van der Waals surface area contributed by atoms with Gasteiger partial charge >= 0.3 is 0 Å². The number of carbonyl (C=O) groups excluding carboxylic acids is 1. The van der Waals surface area contributed by atoms with Crippen molar-refractivity contribution in [2.45, 2.75) is 40.5 Å². The summed E-state index contributed by atoms with van der Waals surface area (Å²) in [6.07, 6.45) is 1.69. The van der Waals surface area contributed by atoms with E-state index in [0.29, 0.717) is 16.3 Å². The predicted octanol–water partition coefficient (Wildman–Crippen LogP) is 9.35. The van der Waals surface area contributed by atoms with E-state index in [4.69, 9.17) is 14.4 Å². The van der Waals surface area contributed by atoms with Gasteiger partial charge in [0.05, 0.1) is 11.4 Å². The molecule has 0 fully saturated rings.